The van der Waals surface area contributed by atoms with Crippen LogP contribution in [-0.2, 0) is 33.5 Å². The van der Waals surface area contributed by atoms with Crippen molar-refractivity contribution in [2.75, 3.05) is 20.3 Å². The minimum Gasteiger partial charge on any atom is -0.469 e. The second-order valence-electron chi connectivity index (χ2n) is 4.58. The standard InChI is InChI=1S/C16H23FO3/c1-4-12-8-9-13(7-6-10-20-5-2)14(16(12)17)11-15(18)19-3/h8-9H,4-7,10-11H2,1-3H3. The number of benzene rings is 1. The molecule has 0 saturated carbocycles. The molecule has 1 rings (SSSR count). The minimum atomic E-state index is -0.414. The van der Waals surface area contributed by atoms with Crippen LogP contribution in [0.3, 0.4) is 0 Å². The number of carbonyl (C=O) groups excluding carboxylic acids is 1. The Morgan fingerprint density at radius 2 is 1.95 bits per heavy atom. The van der Waals surface area contributed by atoms with Crippen molar-refractivity contribution in [2.45, 2.75) is 39.5 Å². The number of ether oxygens (including phenoxy) is 2. The first-order valence-electron chi connectivity index (χ1n) is 7.07. The number of methoxy groups -OCH3 is 1. The van der Waals surface area contributed by atoms with Crippen LogP contribution in [0.1, 0.15) is 37.0 Å². The van der Waals surface area contributed by atoms with E-state index in [1.165, 1.54) is 7.11 Å². The van der Waals surface area contributed by atoms with Crippen LogP contribution >= 0.6 is 0 Å². The van der Waals surface area contributed by atoms with Crippen molar-refractivity contribution in [3.63, 3.8) is 0 Å². The average Bonchev–Trinajstić information content (AvgIpc) is 2.46. The Bertz CT molecular complexity index is 444. The summed E-state index contributed by atoms with van der Waals surface area (Å²) in [6.07, 6.45) is 2.11. The second kappa shape index (κ2) is 8.69. The van der Waals surface area contributed by atoms with Crippen molar-refractivity contribution in [1.29, 1.82) is 0 Å². The van der Waals surface area contributed by atoms with E-state index >= 15 is 0 Å². The minimum absolute atomic E-state index is 0.0137. The maximum atomic E-state index is 14.4. The van der Waals surface area contributed by atoms with Crippen molar-refractivity contribution in [3.8, 4) is 0 Å². The molecule has 0 unspecified atom stereocenters. The summed E-state index contributed by atoms with van der Waals surface area (Å²) >= 11 is 0. The van der Waals surface area contributed by atoms with Gasteiger partial charge >= 0.3 is 5.97 Å². The van der Waals surface area contributed by atoms with Gasteiger partial charge in [0, 0.05) is 18.8 Å². The van der Waals surface area contributed by atoms with Gasteiger partial charge in [-0.2, -0.15) is 0 Å². The molecular formula is C16H23FO3. The zero-order chi connectivity index (χ0) is 15.0. The monoisotopic (exact) mass is 282 g/mol. The van der Waals surface area contributed by atoms with Crippen molar-refractivity contribution < 1.29 is 18.7 Å². The van der Waals surface area contributed by atoms with Gasteiger partial charge in [-0.15, -0.1) is 0 Å². The molecule has 112 valence electrons. The third-order valence-corrected chi connectivity index (χ3v) is 3.29. The smallest absolute Gasteiger partial charge is 0.310 e. The number of carbonyl (C=O) groups is 1. The number of rotatable bonds is 8. The molecule has 0 atom stereocenters. The molecule has 0 amide bonds. The van der Waals surface area contributed by atoms with E-state index in [0.29, 0.717) is 37.2 Å². The predicted molar refractivity (Wildman–Crippen MR) is 76.3 cm³/mol. The highest BCUT2D eigenvalue weighted by atomic mass is 19.1. The van der Waals surface area contributed by atoms with E-state index in [-0.39, 0.29) is 12.2 Å². The predicted octanol–water partition coefficient (Wildman–Crippen LogP) is 3.07. The third kappa shape index (κ3) is 4.60. The Kier molecular flexibility index (Phi) is 7.23. The van der Waals surface area contributed by atoms with Gasteiger partial charge in [-0.25, -0.2) is 4.39 Å². The molecule has 1 aromatic carbocycles. The molecule has 0 aliphatic heterocycles. The SMILES string of the molecule is CCOCCCc1ccc(CC)c(F)c1CC(=O)OC. The lowest BCUT2D eigenvalue weighted by Crippen LogP contribution is -2.11. The van der Waals surface area contributed by atoms with E-state index in [4.69, 9.17) is 4.74 Å². The quantitative estimate of drug-likeness (QED) is 0.543. The van der Waals surface area contributed by atoms with Crippen LogP contribution in [0.2, 0.25) is 0 Å². The molecule has 1 aromatic rings. The Balaban J connectivity index is 2.90. The van der Waals surface area contributed by atoms with Gasteiger partial charge in [0.1, 0.15) is 5.82 Å². The van der Waals surface area contributed by atoms with E-state index in [0.717, 1.165) is 12.0 Å². The fourth-order valence-corrected chi connectivity index (χ4v) is 2.13. The van der Waals surface area contributed by atoms with Gasteiger partial charge in [0.2, 0.25) is 0 Å². The molecule has 0 heterocycles. The molecule has 0 radical (unpaired) electrons. The molecule has 0 spiro atoms. The van der Waals surface area contributed by atoms with Gasteiger partial charge < -0.3 is 9.47 Å². The van der Waals surface area contributed by atoms with Crippen molar-refractivity contribution >= 4 is 5.97 Å². The molecular weight excluding hydrogens is 259 g/mol. The molecule has 3 nitrogen and oxygen atoms in total. The third-order valence-electron chi connectivity index (χ3n) is 3.29. The molecule has 0 N–H and O–H groups in total. The Morgan fingerprint density at radius 3 is 2.55 bits per heavy atom. The molecule has 0 aliphatic rings. The van der Waals surface area contributed by atoms with E-state index in [1.54, 1.807) is 6.07 Å². The summed E-state index contributed by atoms with van der Waals surface area (Å²) in [5.41, 5.74) is 1.97. The first kappa shape index (κ1) is 16.6. The van der Waals surface area contributed by atoms with E-state index in [2.05, 4.69) is 4.74 Å². The molecule has 20 heavy (non-hydrogen) atoms. The number of aryl methyl sites for hydroxylation is 2. The Morgan fingerprint density at radius 1 is 1.25 bits per heavy atom. The highest BCUT2D eigenvalue weighted by molar-refractivity contribution is 5.73. The molecule has 0 bridgehead atoms. The largest absolute Gasteiger partial charge is 0.469 e. The van der Waals surface area contributed by atoms with Crippen LogP contribution in [0.25, 0.3) is 0 Å². The van der Waals surface area contributed by atoms with Crippen molar-refractivity contribution in [1.82, 2.24) is 0 Å². The van der Waals surface area contributed by atoms with E-state index in [9.17, 15) is 9.18 Å². The van der Waals surface area contributed by atoms with E-state index in [1.807, 2.05) is 19.9 Å². The summed E-state index contributed by atoms with van der Waals surface area (Å²) in [4.78, 5) is 11.4. The van der Waals surface area contributed by atoms with Crippen molar-refractivity contribution in [3.05, 3.63) is 34.6 Å². The van der Waals surface area contributed by atoms with Crippen molar-refractivity contribution in [2.24, 2.45) is 0 Å². The van der Waals surface area contributed by atoms with Crippen LogP contribution in [0.4, 0.5) is 4.39 Å². The first-order chi connectivity index (χ1) is 9.63. The summed E-state index contributed by atoms with van der Waals surface area (Å²) in [6, 6.07) is 3.71. The topological polar surface area (TPSA) is 35.5 Å². The van der Waals surface area contributed by atoms with E-state index < -0.39 is 5.97 Å². The molecule has 0 saturated heterocycles. The molecule has 4 heteroatoms. The molecule has 0 aliphatic carbocycles. The normalized spacial score (nSPS) is 10.6. The molecule has 0 fully saturated rings. The van der Waals surface area contributed by atoms with Crippen LogP contribution < -0.4 is 0 Å². The van der Waals surface area contributed by atoms with Crippen LogP contribution in [0.5, 0.6) is 0 Å². The lowest BCUT2D eigenvalue weighted by Gasteiger charge is -2.13. The fourth-order valence-electron chi connectivity index (χ4n) is 2.13. The van der Waals surface area contributed by atoms with Crippen LogP contribution in [-0.4, -0.2) is 26.3 Å². The summed E-state index contributed by atoms with van der Waals surface area (Å²) in [5, 5.41) is 0. The van der Waals surface area contributed by atoms with Gasteiger partial charge in [-0.05, 0) is 37.3 Å². The fraction of sp³-hybridized carbons (Fsp3) is 0.562. The number of esters is 1. The summed E-state index contributed by atoms with van der Waals surface area (Å²) in [5.74, 6) is -0.685. The summed E-state index contributed by atoms with van der Waals surface area (Å²) in [6.45, 7) is 5.16. The second-order valence-corrected chi connectivity index (χ2v) is 4.58. The molecule has 0 aromatic heterocycles. The summed E-state index contributed by atoms with van der Waals surface area (Å²) in [7, 11) is 1.32. The highest BCUT2D eigenvalue weighted by Gasteiger charge is 2.16. The zero-order valence-corrected chi connectivity index (χ0v) is 12.5. The Hall–Kier alpha value is -1.42. The van der Waals surface area contributed by atoms with Gasteiger partial charge in [-0.1, -0.05) is 19.1 Å². The maximum absolute atomic E-state index is 14.4. The lowest BCUT2D eigenvalue weighted by molar-refractivity contribution is -0.139. The summed E-state index contributed by atoms with van der Waals surface area (Å²) < 4.78 is 24.3. The van der Waals surface area contributed by atoms with Crippen LogP contribution in [0.15, 0.2) is 12.1 Å². The maximum Gasteiger partial charge on any atom is 0.310 e. The number of halogens is 1. The lowest BCUT2D eigenvalue weighted by atomic mass is 9.96. The number of hydrogen-bond acceptors (Lipinski definition) is 3. The van der Waals surface area contributed by atoms with Gasteiger partial charge in [0.05, 0.1) is 13.5 Å². The van der Waals surface area contributed by atoms with Crippen LogP contribution in [0, 0.1) is 5.82 Å². The highest BCUT2D eigenvalue weighted by Crippen LogP contribution is 2.21. The zero-order valence-electron chi connectivity index (χ0n) is 12.5. The van der Waals surface area contributed by atoms with Gasteiger partial charge in [-0.3, -0.25) is 4.79 Å². The first-order valence-corrected chi connectivity index (χ1v) is 7.07. The number of hydrogen-bond donors (Lipinski definition) is 0. The van der Waals surface area contributed by atoms with Gasteiger partial charge in [0.15, 0.2) is 0 Å². The van der Waals surface area contributed by atoms with Gasteiger partial charge in [0.25, 0.3) is 0 Å². The average molecular weight is 282 g/mol. The Labute approximate surface area is 120 Å².